The van der Waals surface area contributed by atoms with Gasteiger partial charge in [0.2, 0.25) is 11.8 Å². The molecular formula is C25H26N2O6. The van der Waals surface area contributed by atoms with E-state index in [1.807, 2.05) is 24.3 Å². The SMILES string of the molecule is CC(=O)Nc1ccc2c(c1)[C@@H](OC(C)=O)[C@@H]1C[C@H]2[C@H](OC(C)=O)c2cc(NC(C)=O)ccc21. The first kappa shape index (κ1) is 22.5. The molecule has 4 atom stereocenters. The van der Waals surface area contributed by atoms with Crippen LogP contribution in [0.5, 0.6) is 0 Å². The van der Waals surface area contributed by atoms with E-state index in [1.165, 1.54) is 27.7 Å². The molecule has 2 aliphatic carbocycles. The summed E-state index contributed by atoms with van der Waals surface area (Å²) in [5.41, 5.74) is 4.56. The summed E-state index contributed by atoms with van der Waals surface area (Å²) in [6.45, 7) is 5.60. The van der Waals surface area contributed by atoms with Crippen LogP contribution in [0.1, 0.15) is 80.4 Å². The zero-order valence-corrected chi connectivity index (χ0v) is 18.9. The van der Waals surface area contributed by atoms with Gasteiger partial charge in [-0.3, -0.25) is 19.2 Å². The fraction of sp³-hybridized carbons (Fsp3) is 0.360. The van der Waals surface area contributed by atoms with Crippen molar-refractivity contribution < 1.29 is 28.7 Å². The molecular weight excluding hydrogens is 424 g/mol. The number of rotatable bonds is 4. The average Bonchev–Trinajstić information content (AvgIpc) is 2.71. The molecule has 0 unspecified atom stereocenters. The average molecular weight is 450 g/mol. The van der Waals surface area contributed by atoms with Gasteiger partial charge in [0.05, 0.1) is 0 Å². The number of fused-ring (bicyclic) bond motifs is 6. The second-order valence-electron chi connectivity index (χ2n) is 8.56. The lowest BCUT2D eigenvalue weighted by molar-refractivity contribution is -0.151. The topological polar surface area (TPSA) is 111 Å². The fourth-order valence-electron chi connectivity index (χ4n) is 5.06. The molecule has 2 bridgehead atoms. The van der Waals surface area contributed by atoms with Gasteiger partial charge in [-0.05, 0) is 52.9 Å². The molecule has 0 saturated carbocycles. The summed E-state index contributed by atoms with van der Waals surface area (Å²) in [4.78, 5) is 47.3. The fourth-order valence-corrected chi connectivity index (χ4v) is 5.06. The summed E-state index contributed by atoms with van der Waals surface area (Å²) in [5, 5.41) is 5.56. The Labute approximate surface area is 191 Å². The van der Waals surface area contributed by atoms with Crippen LogP contribution in [0, 0.1) is 0 Å². The molecule has 4 rings (SSSR count). The first-order valence-corrected chi connectivity index (χ1v) is 10.8. The van der Waals surface area contributed by atoms with Gasteiger partial charge in [0.25, 0.3) is 0 Å². The van der Waals surface area contributed by atoms with Crippen molar-refractivity contribution in [2.45, 2.75) is 58.2 Å². The molecule has 33 heavy (non-hydrogen) atoms. The standard InChI is InChI=1S/C25H26N2O6/c1-12(28)26-16-5-7-18-20(9-16)24(32-14(3)30)23-11-22(18)25(33-15(4)31)21-10-17(27-13(2)29)6-8-19(21)23/h5-10,22-25H,11H2,1-4H3,(H,26,28)(H,27,29)/t22-,23-,24-,25-/m1/s1. The van der Waals surface area contributed by atoms with Gasteiger partial charge < -0.3 is 20.1 Å². The minimum atomic E-state index is -0.564. The molecule has 2 aromatic carbocycles. The number of benzene rings is 2. The Morgan fingerprint density at radius 3 is 1.39 bits per heavy atom. The smallest absolute Gasteiger partial charge is 0.303 e. The molecule has 0 heterocycles. The van der Waals surface area contributed by atoms with Crippen molar-refractivity contribution >= 4 is 35.1 Å². The number of carbonyl (C=O) groups is 4. The Kier molecular flexibility index (Phi) is 5.93. The van der Waals surface area contributed by atoms with Crippen LogP contribution in [0.3, 0.4) is 0 Å². The zero-order valence-electron chi connectivity index (χ0n) is 18.9. The van der Waals surface area contributed by atoms with Crippen molar-refractivity contribution in [3.8, 4) is 0 Å². The van der Waals surface area contributed by atoms with Crippen molar-refractivity contribution in [1.82, 2.24) is 0 Å². The molecule has 0 radical (unpaired) electrons. The monoisotopic (exact) mass is 450 g/mol. The van der Waals surface area contributed by atoms with Gasteiger partial charge in [-0.2, -0.15) is 0 Å². The summed E-state index contributed by atoms with van der Waals surface area (Å²) in [6, 6.07) is 11.0. The molecule has 2 aromatic rings. The van der Waals surface area contributed by atoms with Crippen LogP contribution in [-0.4, -0.2) is 23.8 Å². The second-order valence-corrected chi connectivity index (χ2v) is 8.56. The minimum absolute atomic E-state index is 0.174. The Balaban J connectivity index is 1.89. The molecule has 0 aliphatic heterocycles. The normalized spacial score (nSPS) is 22.3. The molecule has 2 amide bonds. The summed E-state index contributed by atoms with van der Waals surface area (Å²) >= 11 is 0. The highest BCUT2D eigenvalue weighted by molar-refractivity contribution is 5.89. The highest BCUT2D eigenvalue weighted by Crippen LogP contribution is 2.58. The third-order valence-electron chi connectivity index (χ3n) is 6.05. The van der Waals surface area contributed by atoms with Gasteiger partial charge in [0, 0.05) is 50.9 Å². The number of nitrogens with one attached hydrogen (secondary N) is 2. The van der Waals surface area contributed by atoms with Crippen LogP contribution >= 0.6 is 0 Å². The minimum Gasteiger partial charge on any atom is -0.457 e. The highest BCUT2D eigenvalue weighted by Gasteiger charge is 2.47. The van der Waals surface area contributed by atoms with Gasteiger partial charge >= 0.3 is 11.9 Å². The Morgan fingerprint density at radius 2 is 1.06 bits per heavy atom. The maximum atomic E-state index is 12.0. The molecule has 2 N–H and O–H groups in total. The summed E-state index contributed by atoms with van der Waals surface area (Å²) in [6.07, 6.45) is -0.508. The molecule has 0 aromatic heterocycles. The lowest BCUT2D eigenvalue weighted by Crippen LogP contribution is -2.35. The van der Waals surface area contributed by atoms with E-state index >= 15 is 0 Å². The maximum Gasteiger partial charge on any atom is 0.303 e. The molecule has 0 saturated heterocycles. The van der Waals surface area contributed by atoms with Crippen molar-refractivity contribution in [2.24, 2.45) is 0 Å². The summed E-state index contributed by atoms with van der Waals surface area (Å²) < 4.78 is 11.6. The second kappa shape index (κ2) is 8.69. The Bertz CT molecular complexity index is 1070. The van der Waals surface area contributed by atoms with Crippen molar-refractivity contribution in [2.75, 3.05) is 10.6 Å². The Morgan fingerprint density at radius 1 is 0.667 bits per heavy atom. The quantitative estimate of drug-likeness (QED) is 0.679. The molecule has 0 fully saturated rings. The van der Waals surface area contributed by atoms with Crippen LogP contribution in [0.4, 0.5) is 11.4 Å². The van der Waals surface area contributed by atoms with Gasteiger partial charge in [-0.25, -0.2) is 0 Å². The van der Waals surface area contributed by atoms with E-state index < -0.39 is 24.1 Å². The number of ether oxygens (including phenoxy) is 2. The van der Waals surface area contributed by atoms with Crippen molar-refractivity contribution in [1.29, 1.82) is 0 Å². The van der Waals surface area contributed by atoms with Gasteiger partial charge in [-0.1, -0.05) is 12.1 Å². The molecule has 2 aliphatic rings. The van der Waals surface area contributed by atoms with Gasteiger partial charge in [0.1, 0.15) is 12.2 Å². The predicted octanol–water partition coefficient (Wildman–Crippen LogP) is 4.10. The third-order valence-corrected chi connectivity index (χ3v) is 6.05. The van der Waals surface area contributed by atoms with Crippen molar-refractivity contribution in [3.63, 3.8) is 0 Å². The number of amides is 2. The van der Waals surface area contributed by atoms with E-state index in [1.54, 1.807) is 12.1 Å². The van der Waals surface area contributed by atoms with E-state index in [0.717, 1.165) is 22.3 Å². The summed E-state index contributed by atoms with van der Waals surface area (Å²) in [5.74, 6) is -1.58. The van der Waals surface area contributed by atoms with E-state index in [9.17, 15) is 19.2 Å². The molecule has 8 nitrogen and oxygen atoms in total. The van der Waals surface area contributed by atoms with Crippen LogP contribution in [-0.2, 0) is 28.7 Å². The maximum absolute atomic E-state index is 12.0. The Hall–Kier alpha value is -3.68. The van der Waals surface area contributed by atoms with Crippen molar-refractivity contribution in [3.05, 3.63) is 58.7 Å². The van der Waals surface area contributed by atoms with Gasteiger partial charge in [0.15, 0.2) is 0 Å². The van der Waals surface area contributed by atoms with E-state index in [0.29, 0.717) is 17.8 Å². The van der Waals surface area contributed by atoms with Crippen LogP contribution in [0.2, 0.25) is 0 Å². The first-order chi connectivity index (χ1) is 15.6. The third kappa shape index (κ3) is 4.46. The number of carbonyl (C=O) groups excluding carboxylic acids is 4. The molecule has 0 spiro atoms. The molecule has 172 valence electrons. The molecule has 8 heteroatoms. The lowest BCUT2D eigenvalue weighted by atomic mass is 9.64. The van der Waals surface area contributed by atoms with Gasteiger partial charge in [-0.15, -0.1) is 0 Å². The number of hydrogen-bond acceptors (Lipinski definition) is 6. The summed E-state index contributed by atoms with van der Waals surface area (Å²) in [7, 11) is 0. The first-order valence-electron chi connectivity index (χ1n) is 10.8. The predicted molar refractivity (Wildman–Crippen MR) is 121 cm³/mol. The van der Waals surface area contributed by atoms with Crippen LogP contribution < -0.4 is 10.6 Å². The zero-order chi connectivity index (χ0) is 23.9. The number of esters is 2. The number of anilines is 2. The lowest BCUT2D eigenvalue weighted by Gasteiger charge is -2.45. The highest BCUT2D eigenvalue weighted by atomic mass is 16.5. The largest absolute Gasteiger partial charge is 0.457 e. The van der Waals surface area contributed by atoms with Crippen LogP contribution in [0.25, 0.3) is 0 Å². The van der Waals surface area contributed by atoms with E-state index in [4.69, 9.17) is 9.47 Å². The number of hydrogen-bond donors (Lipinski definition) is 2. The van der Waals surface area contributed by atoms with E-state index in [-0.39, 0.29) is 23.7 Å². The van der Waals surface area contributed by atoms with E-state index in [2.05, 4.69) is 10.6 Å². The van der Waals surface area contributed by atoms with Crippen LogP contribution in [0.15, 0.2) is 36.4 Å².